The third kappa shape index (κ3) is 2.75. The molecule has 2 atom stereocenters. The Labute approximate surface area is 117 Å². The number of carboxylic acids is 1. The molecule has 1 aliphatic heterocycles. The first-order valence-corrected chi connectivity index (χ1v) is 6.49. The molecule has 0 saturated heterocycles. The van der Waals surface area contributed by atoms with Crippen LogP contribution in [0.2, 0.25) is 0 Å². The fourth-order valence-electron chi connectivity index (χ4n) is 2.15. The Morgan fingerprint density at radius 2 is 2.25 bits per heavy atom. The highest BCUT2D eigenvalue weighted by Gasteiger charge is 2.31. The molecular weight excluding hydrogens is 260 g/mol. The standard InChI is InChI=1S/C14H18N2O4/c1-8(15)10-3-4-12-11(7-10)16(6-5-13(17)18)14(19)9(2)20-12/h3-4,7-9H,5-6,15H2,1-2H3,(H,17,18). The van der Waals surface area contributed by atoms with Gasteiger partial charge < -0.3 is 20.5 Å². The molecule has 2 unspecified atom stereocenters. The number of carbonyl (C=O) groups excluding carboxylic acids is 1. The molecule has 2 rings (SSSR count). The molecule has 6 nitrogen and oxygen atoms in total. The van der Waals surface area contributed by atoms with E-state index in [2.05, 4.69) is 0 Å². The van der Waals surface area contributed by atoms with Crippen LogP contribution in [0.4, 0.5) is 5.69 Å². The van der Waals surface area contributed by atoms with Gasteiger partial charge in [0, 0.05) is 12.6 Å². The molecule has 6 heteroatoms. The number of ether oxygens (including phenoxy) is 1. The van der Waals surface area contributed by atoms with Crippen LogP contribution in [0, 0.1) is 0 Å². The van der Waals surface area contributed by atoms with Gasteiger partial charge >= 0.3 is 5.97 Å². The van der Waals surface area contributed by atoms with E-state index in [4.69, 9.17) is 15.6 Å². The van der Waals surface area contributed by atoms with Crippen LogP contribution in [-0.4, -0.2) is 29.6 Å². The van der Waals surface area contributed by atoms with Gasteiger partial charge in [0.25, 0.3) is 5.91 Å². The van der Waals surface area contributed by atoms with Crippen molar-refractivity contribution < 1.29 is 19.4 Å². The number of rotatable bonds is 4. The number of fused-ring (bicyclic) bond motifs is 1. The number of carboxylic acid groups (broad SMARTS) is 1. The number of hydrogen-bond donors (Lipinski definition) is 2. The van der Waals surface area contributed by atoms with Crippen LogP contribution in [0.1, 0.15) is 31.9 Å². The number of anilines is 1. The second kappa shape index (κ2) is 5.50. The van der Waals surface area contributed by atoms with Crippen LogP contribution >= 0.6 is 0 Å². The molecule has 108 valence electrons. The maximum atomic E-state index is 12.2. The number of hydrogen-bond acceptors (Lipinski definition) is 4. The first kappa shape index (κ1) is 14.3. The highest BCUT2D eigenvalue weighted by Crippen LogP contribution is 2.35. The van der Waals surface area contributed by atoms with Crippen molar-refractivity contribution >= 4 is 17.6 Å². The number of nitrogens with two attached hydrogens (primary N) is 1. The predicted octanol–water partition coefficient (Wildman–Crippen LogP) is 1.29. The number of amides is 1. The minimum atomic E-state index is -0.943. The third-order valence-electron chi connectivity index (χ3n) is 3.27. The van der Waals surface area contributed by atoms with E-state index in [-0.39, 0.29) is 24.9 Å². The third-order valence-corrected chi connectivity index (χ3v) is 3.27. The number of carbonyl (C=O) groups is 2. The van der Waals surface area contributed by atoms with E-state index in [1.165, 1.54) is 4.90 Å². The number of benzene rings is 1. The normalized spacial score (nSPS) is 19.2. The molecule has 0 aliphatic carbocycles. The summed E-state index contributed by atoms with van der Waals surface area (Å²) >= 11 is 0. The highest BCUT2D eigenvalue weighted by molar-refractivity contribution is 6.00. The van der Waals surface area contributed by atoms with E-state index in [0.29, 0.717) is 11.4 Å². The van der Waals surface area contributed by atoms with Gasteiger partial charge in [0.05, 0.1) is 12.1 Å². The van der Waals surface area contributed by atoms with Crippen molar-refractivity contribution in [3.8, 4) is 5.75 Å². The van der Waals surface area contributed by atoms with Crippen molar-refractivity contribution in [3.63, 3.8) is 0 Å². The summed E-state index contributed by atoms with van der Waals surface area (Å²) in [5.74, 6) is -0.602. The Bertz CT molecular complexity index is 542. The summed E-state index contributed by atoms with van der Waals surface area (Å²) in [7, 11) is 0. The van der Waals surface area contributed by atoms with Crippen molar-refractivity contribution in [1.82, 2.24) is 0 Å². The molecule has 0 bridgehead atoms. The second-order valence-electron chi connectivity index (χ2n) is 4.91. The minimum Gasteiger partial charge on any atom is -0.481 e. The van der Waals surface area contributed by atoms with E-state index in [1.807, 2.05) is 13.0 Å². The second-order valence-corrected chi connectivity index (χ2v) is 4.91. The SMILES string of the molecule is CC1Oc2ccc(C(C)N)cc2N(CCC(=O)O)C1=O. The molecule has 1 amide bonds. The van der Waals surface area contributed by atoms with Gasteiger partial charge in [-0.25, -0.2) is 0 Å². The van der Waals surface area contributed by atoms with Crippen LogP contribution in [0.5, 0.6) is 5.75 Å². The Morgan fingerprint density at radius 1 is 1.55 bits per heavy atom. The summed E-state index contributed by atoms with van der Waals surface area (Å²) in [6.07, 6.45) is -0.724. The van der Waals surface area contributed by atoms with Gasteiger partial charge in [0.1, 0.15) is 5.75 Å². The lowest BCUT2D eigenvalue weighted by Gasteiger charge is -2.33. The van der Waals surface area contributed by atoms with Crippen LogP contribution in [-0.2, 0) is 9.59 Å². The first-order valence-electron chi connectivity index (χ1n) is 6.49. The van der Waals surface area contributed by atoms with Crippen molar-refractivity contribution in [2.45, 2.75) is 32.4 Å². The van der Waals surface area contributed by atoms with Gasteiger partial charge in [-0.15, -0.1) is 0 Å². The van der Waals surface area contributed by atoms with Crippen LogP contribution in [0.3, 0.4) is 0 Å². The first-order chi connectivity index (χ1) is 9.40. The Kier molecular flexibility index (Phi) is 3.94. The van der Waals surface area contributed by atoms with E-state index in [9.17, 15) is 9.59 Å². The molecule has 1 aromatic rings. The van der Waals surface area contributed by atoms with E-state index in [0.717, 1.165) is 5.56 Å². The van der Waals surface area contributed by atoms with Gasteiger partial charge in [-0.2, -0.15) is 0 Å². The topological polar surface area (TPSA) is 92.9 Å². The smallest absolute Gasteiger partial charge is 0.305 e. The lowest BCUT2D eigenvalue weighted by Crippen LogP contribution is -2.45. The zero-order valence-corrected chi connectivity index (χ0v) is 11.5. The van der Waals surface area contributed by atoms with Gasteiger partial charge in [-0.1, -0.05) is 6.07 Å². The summed E-state index contributed by atoms with van der Waals surface area (Å²) in [4.78, 5) is 24.3. The molecule has 3 N–H and O–H groups in total. The molecule has 0 fully saturated rings. The number of aliphatic carboxylic acids is 1. The fourth-order valence-corrected chi connectivity index (χ4v) is 2.15. The lowest BCUT2D eigenvalue weighted by molar-refractivity contribution is -0.136. The largest absolute Gasteiger partial charge is 0.481 e. The van der Waals surface area contributed by atoms with Gasteiger partial charge in [0.15, 0.2) is 6.10 Å². The zero-order valence-electron chi connectivity index (χ0n) is 11.5. The molecule has 20 heavy (non-hydrogen) atoms. The molecule has 0 radical (unpaired) electrons. The highest BCUT2D eigenvalue weighted by atomic mass is 16.5. The molecule has 0 spiro atoms. The maximum Gasteiger partial charge on any atom is 0.305 e. The molecule has 0 aromatic heterocycles. The molecule has 0 saturated carbocycles. The number of nitrogens with zero attached hydrogens (tertiary/aromatic N) is 1. The molecule has 1 heterocycles. The minimum absolute atomic E-state index is 0.111. The molecule has 1 aliphatic rings. The van der Waals surface area contributed by atoms with Crippen molar-refractivity contribution in [3.05, 3.63) is 23.8 Å². The summed E-state index contributed by atoms with van der Waals surface area (Å²) in [5, 5.41) is 8.80. The van der Waals surface area contributed by atoms with Crippen LogP contribution in [0.15, 0.2) is 18.2 Å². The Morgan fingerprint density at radius 3 is 2.85 bits per heavy atom. The monoisotopic (exact) mass is 278 g/mol. The molecular formula is C14H18N2O4. The van der Waals surface area contributed by atoms with E-state index >= 15 is 0 Å². The van der Waals surface area contributed by atoms with Gasteiger partial charge in [-0.05, 0) is 31.5 Å². The summed E-state index contributed by atoms with van der Waals surface area (Å²) in [5.41, 5.74) is 7.30. The van der Waals surface area contributed by atoms with Gasteiger partial charge in [-0.3, -0.25) is 9.59 Å². The Hall–Kier alpha value is -2.08. The van der Waals surface area contributed by atoms with Crippen molar-refractivity contribution in [2.24, 2.45) is 5.73 Å². The summed E-state index contributed by atoms with van der Waals surface area (Å²) in [6.45, 7) is 3.62. The maximum absolute atomic E-state index is 12.2. The summed E-state index contributed by atoms with van der Waals surface area (Å²) in [6, 6.07) is 5.23. The van der Waals surface area contributed by atoms with E-state index < -0.39 is 12.1 Å². The van der Waals surface area contributed by atoms with Crippen molar-refractivity contribution in [2.75, 3.05) is 11.4 Å². The predicted molar refractivity (Wildman–Crippen MR) is 73.7 cm³/mol. The fraction of sp³-hybridized carbons (Fsp3) is 0.429. The van der Waals surface area contributed by atoms with E-state index in [1.54, 1.807) is 19.1 Å². The van der Waals surface area contributed by atoms with Gasteiger partial charge in [0.2, 0.25) is 0 Å². The summed E-state index contributed by atoms with van der Waals surface area (Å²) < 4.78 is 5.54. The molecule has 1 aromatic carbocycles. The van der Waals surface area contributed by atoms with Crippen molar-refractivity contribution in [1.29, 1.82) is 0 Å². The quantitative estimate of drug-likeness (QED) is 0.865. The zero-order chi connectivity index (χ0) is 14.9. The van der Waals surface area contributed by atoms with Crippen LogP contribution < -0.4 is 15.4 Å². The van der Waals surface area contributed by atoms with Crippen LogP contribution in [0.25, 0.3) is 0 Å². The average molecular weight is 278 g/mol. The average Bonchev–Trinajstić information content (AvgIpc) is 2.38. The lowest BCUT2D eigenvalue weighted by atomic mass is 10.1. The Balaban J connectivity index is 2.38.